The smallest absolute Gasteiger partial charge is 0.303 e. The van der Waals surface area contributed by atoms with Crippen LogP contribution >= 0.6 is 0 Å². The van der Waals surface area contributed by atoms with Crippen LogP contribution < -0.4 is 10.6 Å². The van der Waals surface area contributed by atoms with Gasteiger partial charge >= 0.3 is 5.97 Å². The monoisotopic (exact) mass is 354 g/mol. The highest BCUT2D eigenvalue weighted by atomic mass is 16.4. The van der Waals surface area contributed by atoms with Gasteiger partial charge in [-0.05, 0) is 31.0 Å². The summed E-state index contributed by atoms with van der Waals surface area (Å²) >= 11 is 0. The molecule has 6 heteroatoms. The second-order valence-corrected chi connectivity index (χ2v) is 5.95. The molecule has 0 aliphatic rings. The van der Waals surface area contributed by atoms with Crippen LogP contribution in [0.1, 0.15) is 48.1 Å². The van der Waals surface area contributed by atoms with Gasteiger partial charge in [-0.25, -0.2) is 0 Å². The highest BCUT2D eigenvalue weighted by Crippen LogP contribution is 2.18. The summed E-state index contributed by atoms with van der Waals surface area (Å²) in [4.78, 5) is 35.1. The topological polar surface area (TPSA) is 95.5 Å². The van der Waals surface area contributed by atoms with Crippen LogP contribution in [0.4, 0.5) is 5.69 Å². The summed E-state index contributed by atoms with van der Waals surface area (Å²) in [6.07, 6.45) is 0.271. The van der Waals surface area contributed by atoms with Gasteiger partial charge in [0.15, 0.2) is 0 Å². The normalized spacial score (nSPS) is 11.4. The molecule has 6 nitrogen and oxygen atoms in total. The Kier molecular flexibility index (Phi) is 6.91. The number of anilines is 1. The highest BCUT2D eigenvalue weighted by Gasteiger charge is 2.16. The molecular formula is C20H22N2O4. The Balaban J connectivity index is 2.02. The van der Waals surface area contributed by atoms with Crippen LogP contribution in [0, 0.1) is 0 Å². The van der Waals surface area contributed by atoms with Crippen molar-refractivity contribution in [2.75, 3.05) is 5.32 Å². The van der Waals surface area contributed by atoms with Crippen LogP contribution in [0.2, 0.25) is 0 Å². The molecule has 0 radical (unpaired) electrons. The van der Waals surface area contributed by atoms with E-state index >= 15 is 0 Å². The van der Waals surface area contributed by atoms with Crippen LogP contribution in [-0.4, -0.2) is 22.9 Å². The number of carbonyl (C=O) groups is 3. The third-order valence-corrected chi connectivity index (χ3v) is 3.89. The molecule has 2 rings (SSSR count). The third-order valence-electron chi connectivity index (χ3n) is 3.89. The summed E-state index contributed by atoms with van der Waals surface area (Å²) in [5.41, 5.74) is 1.75. The van der Waals surface area contributed by atoms with E-state index in [4.69, 9.17) is 5.11 Å². The first-order valence-corrected chi connectivity index (χ1v) is 8.44. The predicted octanol–water partition coefficient (Wildman–Crippen LogP) is 3.37. The van der Waals surface area contributed by atoms with Crippen LogP contribution in [0.15, 0.2) is 54.6 Å². The van der Waals surface area contributed by atoms with Crippen LogP contribution in [0.25, 0.3) is 0 Å². The van der Waals surface area contributed by atoms with Crippen molar-refractivity contribution in [3.8, 4) is 0 Å². The quantitative estimate of drug-likeness (QED) is 0.677. The molecule has 0 aliphatic heterocycles. The summed E-state index contributed by atoms with van der Waals surface area (Å²) in [7, 11) is 0. The molecule has 2 aromatic carbocycles. The van der Waals surface area contributed by atoms with E-state index < -0.39 is 5.97 Å². The third kappa shape index (κ3) is 5.73. The molecule has 0 spiro atoms. The van der Waals surface area contributed by atoms with Crippen LogP contribution in [-0.2, 0) is 9.59 Å². The molecule has 0 aliphatic carbocycles. The fourth-order valence-electron chi connectivity index (χ4n) is 2.50. The Labute approximate surface area is 152 Å². The number of para-hydroxylation sites is 1. The maximum atomic E-state index is 12.6. The zero-order valence-electron chi connectivity index (χ0n) is 14.6. The summed E-state index contributed by atoms with van der Waals surface area (Å²) in [6, 6.07) is 16.1. The Morgan fingerprint density at radius 1 is 0.962 bits per heavy atom. The van der Waals surface area contributed by atoms with E-state index in [1.807, 2.05) is 37.3 Å². The van der Waals surface area contributed by atoms with Crippen molar-refractivity contribution < 1.29 is 19.5 Å². The number of carbonyl (C=O) groups excluding carboxylic acids is 2. The fraction of sp³-hybridized carbons (Fsp3) is 0.250. The summed E-state index contributed by atoms with van der Waals surface area (Å²) in [6.45, 7) is 1.89. The molecule has 1 unspecified atom stereocenters. The standard InChI is InChI=1S/C20H22N2O4/c1-14(15-8-3-2-4-9-15)21-20(26)16-10-5-6-11-17(16)22-18(23)12-7-13-19(24)25/h2-6,8-11,14H,7,12-13H2,1H3,(H,21,26)(H,22,23)(H,24,25). The summed E-state index contributed by atoms with van der Waals surface area (Å²) in [5.74, 6) is -1.54. The van der Waals surface area contributed by atoms with Crippen molar-refractivity contribution >= 4 is 23.5 Å². The van der Waals surface area contributed by atoms with Gasteiger partial charge in [0.2, 0.25) is 5.91 Å². The van der Waals surface area contributed by atoms with E-state index in [-0.39, 0.29) is 37.1 Å². The van der Waals surface area contributed by atoms with Gasteiger partial charge < -0.3 is 15.7 Å². The van der Waals surface area contributed by atoms with Gasteiger partial charge in [-0.3, -0.25) is 14.4 Å². The minimum absolute atomic E-state index is 0.0653. The lowest BCUT2D eigenvalue weighted by molar-refractivity contribution is -0.137. The number of aliphatic carboxylic acids is 1. The highest BCUT2D eigenvalue weighted by molar-refractivity contribution is 6.03. The minimum atomic E-state index is -0.938. The maximum Gasteiger partial charge on any atom is 0.303 e. The number of benzene rings is 2. The number of rotatable bonds is 8. The molecule has 1 atom stereocenters. The van der Waals surface area contributed by atoms with E-state index in [2.05, 4.69) is 10.6 Å². The average Bonchev–Trinajstić information content (AvgIpc) is 2.62. The number of carboxylic acid groups (broad SMARTS) is 1. The van der Waals surface area contributed by atoms with E-state index in [1.165, 1.54) is 0 Å². The van der Waals surface area contributed by atoms with Crippen molar-refractivity contribution in [1.82, 2.24) is 5.32 Å². The molecule has 26 heavy (non-hydrogen) atoms. The predicted molar refractivity (Wildman–Crippen MR) is 98.9 cm³/mol. The molecular weight excluding hydrogens is 332 g/mol. The number of hydrogen-bond donors (Lipinski definition) is 3. The lowest BCUT2D eigenvalue weighted by atomic mass is 10.1. The molecule has 3 N–H and O–H groups in total. The average molecular weight is 354 g/mol. The summed E-state index contributed by atoms with van der Waals surface area (Å²) < 4.78 is 0. The van der Waals surface area contributed by atoms with E-state index in [0.29, 0.717) is 11.3 Å². The van der Waals surface area contributed by atoms with Gasteiger partial charge in [-0.15, -0.1) is 0 Å². The number of amides is 2. The molecule has 0 fully saturated rings. The molecule has 136 valence electrons. The first kappa shape index (κ1) is 19.2. The largest absolute Gasteiger partial charge is 0.481 e. The van der Waals surface area contributed by atoms with Crippen molar-refractivity contribution in [3.63, 3.8) is 0 Å². The van der Waals surface area contributed by atoms with Crippen LogP contribution in [0.5, 0.6) is 0 Å². The first-order chi connectivity index (χ1) is 12.5. The molecule has 0 saturated carbocycles. The van der Waals surface area contributed by atoms with Crippen molar-refractivity contribution in [2.45, 2.75) is 32.2 Å². The maximum absolute atomic E-state index is 12.6. The zero-order valence-corrected chi connectivity index (χ0v) is 14.6. The molecule has 0 bridgehead atoms. The lowest BCUT2D eigenvalue weighted by Crippen LogP contribution is -2.28. The summed E-state index contributed by atoms with van der Waals surface area (Å²) in [5, 5.41) is 14.2. The molecule has 0 aromatic heterocycles. The van der Waals surface area contributed by atoms with Gasteiger partial charge in [-0.1, -0.05) is 42.5 Å². The number of carboxylic acids is 1. The van der Waals surface area contributed by atoms with Gasteiger partial charge in [0.05, 0.1) is 17.3 Å². The first-order valence-electron chi connectivity index (χ1n) is 8.44. The SMILES string of the molecule is CC(NC(=O)c1ccccc1NC(=O)CCCC(=O)O)c1ccccc1. The Morgan fingerprint density at radius 3 is 2.31 bits per heavy atom. The van der Waals surface area contributed by atoms with Crippen molar-refractivity contribution in [3.05, 3.63) is 65.7 Å². The van der Waals surface area contributed by atoms with E-state index in [0.717, 1.165) is 5.56 Å². The molecule has 2 amide bonds. The van der Waals surface area contributed by atoms with Gasteiger partial charge in [0.25, 0.3) is 5.91 Å². The second kappa shape index (κ2) is 9.36. The number of nitrogens with one attached hydrogen (secondary N) is 2. The Morgan fingerprint density at radius 2 is 1.62 bits per heavy atom. The zero-order chi connectivity index (χ0) is 18.9. The molecule has 0 heterocycles. The van der Waals surface area contributed by atoms with Crippen molar-refractivity contribution in [1.29, 1.82) is 0 Å². The second-order valence-electron chi connectivity index (χ2n) is 5.95. The van der Waals surface area contributed by atoms with Crippen molar-refractivity contribution in [2.24, 2.45) is 0 Å². The minimum Gasteiger partial charge on any atom is -0.481 e. The van der Waals surface area contributed by atoms with Gasteiger partial charge in [-0.2, -0.15) is 0 Å². The molecule has 2 aromatic rings. The molecule has 0 saturated heterocycles. The van der Waals surface area contributed by atoms with Crippen LogP contribution in [0.3, 0.4) is 0 Å². The van der Waals surface area contributed by atoms with Gasteiger partial charge in [0.1, 0.15) is 0 Å². The Hall–Kier alpha value is -3.15. The lowest BCUT2D eigenvalue weighted by Gasteiger charge is -2.16. The van der Waals surface area contributed by atoms with E-state index in [9.17, 15) is 14.4 Å². The fourth-order valence-corrected chi connectivity index (χ4v) is 2.50. The van der Waals surface area contributed by atoms with Gasteiger partial charge in [0, 0.05) is 12.8 Å². The van der Waals surface area contributed by atoms with E-state index in [1.54, 1.807) is 24.3 Å². The number of hydrogen-bond acceptors (Lipinski definition) is 3. The Bertz CT molecular complexity index is 774.